The van der Waals surface area contributed by atoms with Crippen molar-refractivity contribution in [3.05, 3.63) is 52.0 Å². The van der Waals surface area contributed by atoms with Crippen molar-refractivity contribution in [2.75, 3.05) is 19.8 Å². The van der Waals surface area contributed by atoms with E-state index >= 15 is 0 Å². The first kappa shape index (κ1) is 22.6. The molecule has 0 spiro atoms. The fourth-order valence-corrected chi connectivity index (χ4v) is 2.95. The lowest BCUT2D eigenvalue weighted by Crippen LogP contribution is -2.28. The fourth-order valence-electron chi connectivity index (χ4n) is 2.39. The van der Waals surface area contributed by atoms with E-state index < -0.39 is 0 Å². The van der Waals surface area contributed by atoms with Gasteiger partial charge in [0.25, 0.3) is 5.91 Å². The fraction of sp³-hybridized carbons (Fsp3) is 0.364. The molecule has 0 bridgehead atoms. The Kier molecular flexibility index (Phi) is 8.81. The zero-order chi connectivity index (χ0) is 21.2. The van der Waals surface area contributed by atoms with Gasteiger partial charge in [0.15, 0.2) is 18.1 Å². The molecule has 0 aromatic heterocycles. The summed E-state index contributed by atoms with van der Waals surface area (Å²) >= 11 is 3.36. The summed E-state index contributed by atoms with van der Waals surface area (Å²) in [5.41, 5.74) is 1.41. The Labute approximate surface area is 179 Å². The number of carbonyl (C=O) groups is 1. The quantitative estimate of drug-likeness (QED) is 0.566. The second kappa shape index (κ2) is 11.3. The summed E-state index contributed by atoms with van der Waals surface area (Å²) in [5, 5.41) is 11.9. The van der Waals surface area contributed by atoms with Crippen LogP contribution >= 0.6 is 15.9 Å². The maximum Gasteiger partial charge on any atom is 0.258 e. The predicted molar refractivity (Wildman–Crippen MR) is 114 cm³/mol. The number of hydrogen-bond donors (Lipinski definition) is 1. The van der Waals surface area contributed by atoms with Crippen molar-refractivity contribution < 1.29 is 19.0 Å². The van der Waals surface area contributed by atoms with Crippen LogP contribution in [0.5, 0.6) is 17.2 Å². The first-order valence-corrected chi connectivity index (χ1v) is 10.2. The van der Waals surface area contributed by atoms with Crippen molar-refractivity contribution in [2.45, 2.75) is 27.3 Å². The average Bonchev–Trinajstić information content (AvgIpc) is 2.70. The first-order chi connectivity index (χ1) is 13.9. The number of benzene rings is 2. The second-order valence-corrected chi connectivity index (χ2v) is 7.60. The smallest absolute Gasteiger partial charge is 0.258 e. The van der Waals surface area contributed by atoms with Crippen molar-refractivity contribution in [2.24, 2.45) is 5.92 Å². The summed E-state index contributed by atoms with van der Waals surface area (Å²) in [6.07, 6.45) is 0. The molecule has 0 saturated heterocycles. The second-order valence-electron chi connectivity index (χ2n) is 6.74. The molecule has 1 N–H and O–H groups in total. The van der Waals surface area contributed by atoms with E-state index in [4.69, 9.17) is 19.5 Å². The molecule has 154 valence electrons. The van der Waals surface area contributed by atoms with Crippen LogP contribution in [0.2, 0.25) is 0 Å². The van der Waals surface area contributed by atoms with Crippen LogP contribution in [0.3, 0.4) is 0 Å². The standard InChI is InChI=1S/C22H25BrN2O4/c1-4-27-20-10-17(11-24)9-19(23)22(20)29-14-21(26)25-12-16-5-7-18(8-6-16)28-13-15(2)3/h5-10,15H,4,12-14H2,1-3H3,(H,25,26). The van der Waals surface area contributed by atoms with Crippen LogP contribution < -0.4 is 19.5 Å². The number of carbonyl (C=O) groups excluding carboxylic acids is 1. The van der Waals surface area contributed by atoms with E-state index in [2.05, 4.69) is 41.2 Å². The number of hydrogen-bond acceptors (Lipinski definition) is 5. The Balaban J connectivity index is 1.88. The number of nitriles is 1. The van der Waals surface area contributed by atoms with Gasteiger partial charge >= 0.3 is 0 Å². The topological polar surface area (TPSA) is 80.6 Å². The number of amides is 1. The van der Waals surface area contributed by atoms with Gasteiger partial charge in [0.1, 0.15) is 5.75 Å². The summed E-state index contributed by atoms with van der Waals surface area (Å²) in [6.45, 7) is 7.34. The number of nitrogens with zero attached hydrogens (tertiary/aromatic N) is 1. The van der Waals surface area contributed by atoms with Crippen LogP contribution in [-0.4, -0.2) is 25.7 Å². The summed E-state index contributed by atoms with van der Waals surface area (Å²) in [6, 6.07) is 12.9. The number of halogens is 1. The van der Waals surface area contributed by atoms with Gasteiger partial charge in [0.2, 0.25) is 0 Å². The van der Waals surface area contributed by atoms with Crippen molar-refractivity contribution in [3.8, 4) is 23.3 Å². The number of ether oxygens (including phenoxy) is 3. The van der Waals surface area contributed by atoms with Crippen LogP contribution in [0.25, 0.3) is 0 Å². The molecule has 2 aromatic rings. The van der Waals surface area contributed by atoms with Crippen molar-refractivity contribution in [1.82, 2.24) is 5.32 Å². The molecule has 0 aliphatic rings. The molecule has 0 aliphatic carbocycles. The molecule has 2 rings (SSSR count). The zero-order valence-electron chi connectivity index (χ0n) is 16.8. The first-order valence-electron chi connectivity index (χ1n) is 9.40. The molecular formula is C22H25BrN2O4. The summed E-state index contributed by atoms with van der Waals surface area (Å²) in [4.78, 5) is 12.2. The van der Waals surface area contributed by atoms with E-state index in [1.807, 2.05) is 31.2 Å². The molecule has 6 nitrogen and oxygen atoms in total. The summed E-state index contributed by atoms with van der Waals surface area (Å²) < 4.78 is 17.4. The third-order valence-corrected chi connectivity index (χ3v) is 4.37. The third kappa shape index (κ3) is 7.31. The van der Waals surface area contributed by atoms with E-state index in [0.717, 1.165) is 11.3 Å². The van der Waals surface area contributed by atoms with Gasteiger partial charge in [-0.05, 0) is 52.5 Å². The predicted octanol–water partition coefficient (Wildman–Crippen LogP) is 4.45. The minimum Gasteiger partial charge on any atom is -0.493 e. The van der Waals surface area contributed by atoms with Gasteiger partial charge in [-0.15, -0.1) is 0 Å². The van der Waals surface area contributed by atoms with E-state index in [1.54, 1.807) is 12.1 Å². The minimum atomic E-state index is -0.260. The molecule has 0 atom stereocenters. The summed E-state index contributed by atoms with van der Waals surface area (Å²) in [5.74, 6) is 1.83. The molecule has 1 amide bonds. The van der Waals surface area contributed by atoms with E-state index in [9.17, 15) is 4.79 Å². The highest BCUT2D eigenvalue weighted by atomic mass is 79.9. The Bertz CT molecular complexity index is 860. The molecule has 29 heavy (non-hydrogen) atoms. The number of rotatable bonds is 10. The normalized spacial score (nSPS) is 10.3. The van der Waals surface area contributed by atoms with Gasteiger partial charge < -0.3 is 19.5 Å². The number of nitrogens with one attached hydrogen (secondary N) is 1. The molecule has 0 radical (unpaired) electrons. The highest BCUT2D eigenvalue weighted by Crippen LogP contribution is 2.36. The van der Waals surface area contributed by atoms with Crippen molar-refractivity contribution >= 4 is 21.8 Å². The van der Waals surface area contributed by atoms with Gasteiger partial charge in [-0.3, -0.25) is 4.79 Å². The lowest BCUT2D eigenvalue weighted by atomic mass is 10.2. The molecule has 0 aliphatic heterocycles. The maximum atomic E-state index is 12.2. The van der Waals surface area contributed by atoms with Gasteiger partial charge in [-0.2, -0.15) is 5.26 Å². The lowest BCUT2D eigenvalue weighted by molar-refractivity contribution is -0.123. The van der Waals surface area contributed by atoms with Crippen LogP contribution in [0.15, 0.2) is 40.9 Å². The van der Waals surface area contributed by atoms with Gasteiger partial charge in [-0.25, -0.2) is 0 Å². The van der Waals surface area contributed by atoms with E-state index in [0.29, 0.717) is 47.2 Å². The maximum absolute atomic E-state index is 12.2. The highest BCUT2D eigenvalue weighted by molar-refractivity contribution is 9.10. The van der Waals surface area contributed by atoms with Crippen LogP contribution in [0.1, 0.15) is 31.9 Å². The summed E-state index contributed by atoms with van der Waals surface area (Å²) in [7, 11) is 0. The van der Waals surface area contributed by atoms with E-state index in [1.165, 1.54) is 0 Å². The Morgan fingerprint density at radius 2 is 1.90 bits per heavy atom. The molecule has 0 fully saturated rings. The van der Waals surface area contributed by atoms with Gasteiger partial charge in [-0.1, -0.05) is 26.0 Å². The molecule has 2 aromatic carbocycles. The average molecular weight is 461 g/mol. The SMILES string of the molecule is CCOc1cc(C#N)cc(Br)c1OCC(=O)NCc1ccc(OCC(C)C)cc1. The Morgan fingerprint density at radius 1 is 1.17 bits per heavy atom. The van der Waals surface area contributed by atoms with Gasteiger partial charge in [0, 0.05) is 12.6 Å². The molecule has 0 saturated carbocycles. The Morgan fingerprint density at radius 3 is 2.52 bits per heavy atom. The largest absolute Gasteiger partial charge is 0.493 e. The Hall–Kier alpha value is -2.72. The minimum absolute atomic E-state index is 0.167. The highest BCUT2D eigenvalue weighted by Gasteiger charge is 2.14. The molecule has 7 heteroatoms. The van der Waals surface area contributed by atoms with Crippen LogP contribution in [-0.2, 0) is 11.3 Å². The molecule has 0 unspecified atom stereocenters. The zero-order valence-corrected chi connectivity index (χ0v) is 18.4. The molecular weight excluding hydrogens is 436 g/mol. The van der Waals surface area contributed by atoms with Crippen LogP contribution in [0.4, 0.5) is 0 Å². The van der Waals surface area contributed by atoms with Gasteiger partial charge in [0.05, 0.1) is 29.3 Å². The van der Waals surface area contributed by atoms with Crippen molar-refractivity contribution in [3.63, 3.8) is 0 Å². The van der Waals surface area contributed by atoms with E-state index in [-0.39, 0.29) is 12.5 Å². The third-order valence-electron chi connectivity index (χ3n) is 3.78. The monoisotopic (exact) mass is 460 g/mol. The molecule has 0 heterocycles. The lowest BCUT2D eigenvalue weighted by Gasteiger charge is -2.14. The van der Waals surface area contributed by atoms with Crippen LogP contribution in [0, 0.1) is 17.2 Å². The van der Waals surface area contributed by atoms with Crippen molar-refractivity contribution in [1.29, 1.82) is 5.26 Å².